The average Bonchev–Trinajstić information content (AvgIpc) is 3.45. The second-order valence-corrected chi connectivity index (χ2v) is 13.8. The molecule has 0 radical (unpaired) electrons. The molecule has 3 aromatic carbocycles. The summed E-state index contributed by atoms with van der Waals surface area (Å²) in [5.41, 5.74) is 6.49. The van der Waals surface area contributed by atoms with E-state index in [0.717, 1.165) is 40.5 Å². The van der Waals surface area contributed by atoms with E-state index in [-0.39, 0.29) is 0 Å². The highest BCUT2D eigenvalue weighted by molar-refractivity contribution is 6.64. The fourth-order valence-corrected chi connectivity index (χ4v) is 6.34. The van der Waals surface area contributed by atoms with E-state index in [4.69, 9.17) is 18.6 Å². The quantitative estimate of drug-likeness (QED) is 0.281. The van der Waals surface area contributed by atoms with Gasteiger partial charge in [0.25, 0.3) is 0 Å². The normalized spacial score (nSPS) is 22.1. The number of allylic oxidation sites excluding steroid dienone is 1. The first-order valence-electron chi connectivity index (χ1n) is 14.9. The summed E-state index contributed by atoms with van der Waals surface area (Å²) in [4.78, 5) is 0. The number of nitrogens with zero attached hydrogens (tertiary/aromatic N) is 1. The minimum absolute atomic E-state index is 0.401. The first kappa shape index (κ1) is 27.0. The van der Waals surface area contributed by atoms with Crippen molar-refractivity contribution in [1.82, 2.24) is 4.57 Å². The molecule has 5 nitrogen and oxygen atoms in total. The van der Waals surface area contributed by atoms with Crippen LogP contribution in [0.4, 0.5) is 0 Å². The van der Waals surface area contributed by atoms with E-state index in [1.165, 1.54) is 21.9 Å². The first-order chi connectivity index (χ1) is 19.3. The Morgan fingerprint density at radius 1 is 0.683 bits per heavy atom. The summed E-state index contributed by atoms with van der Waals surface area (Å²) in [6.45, 7) is 16.9. The number of aromatic nitrogens is 1. The highest BCUT2D eigenvalue weighted by Gasteiger charge is 2.53. The maximum Gasteiger partial charge on any atom is 0.495 e. The van der Waals surface area contributed by atoms with E-state index in [1.54, 1.807) is 0 Å². The van der Waals surface area contributed by atoms with Gasteiger partial charge in [0.2, 0.25) is 0 Å². The van der Waals surface area contributed by atoms with Gasteiger partial charge >= 0.3 is 14.2 Å². The van der Waals surface area contributed by atoms with Crippen LogP contribution >= 0.6 is 0 Å². The van der Waals surface area contributed by atoms with Crippen LogP contribution in [0.1, 0.15) is 72.9 Å². The maximum atomic E-state index is 6.61. The molecular formula is C34H39B2NO4. The first-order valence-corrected chi connectivity index (χ1v) is 14.9. The molecule has 1 aliphatic carbocycles. The largest absolute Gasteiger partial charge is 0.495 e. The molecule has 0 bridgehead atoms. The number of aryl methyl sites for hydroxylation is 1. The molecule has 4 aromatic rings. The van der Waals surface area contributed by atoms with Gasteiger partial charge < -0.3 is 23.2 Å². The van der Waals surface area contributed by atoms with Crippen LogP contribution < -0.4 is 10.9 Å². The van der Waals surface area contributed by atoms with Crippen molar-refractivity contribution in [1.29, 1.82) is 0 Å². The van der Waals surface area contributed by atoms with Crippen LogP contribution in [0, 0.1) is 0 Å². The van der Waals surface area contributed by atoms with Crippen molar-refractivity contribution in [2.45, 2.75) is 90.6 Å². The van der Waals surface area contributed by atoms with Gasteiger partial charge in [-0.25, -0.2) is 0 Å². The van der Waals surface area contributed by atoms with Gasteiger partial charge in [-0.05, 0) is 115 Å². The predicted octanol–water partition coefficient (Wildman–Crippen LogP) is 6.34. The minimum Gasteiger partial charge on any atom is -0.399 e. The fourth-order valence-electron chi connectivity index (χ4n) is 6.34. The molecular weight excluding hydrogens is 508 g/mol. The number of benzene rings is 3. The summed E-state index contributed by atoms with van der Waals surface area (Å²) in [5, 5.41) is 2.53. The van der Waals surface area contributed by atoms with Crippen molar-refractivity contribution >= 4 is 53.0 Å². The lowest BCUT2D eigenvalue weighted by Gasteiger charge is -2.32. The Hall–Kier alpha value is -2.83. The van der Waals surface area contributed by atoms with Gasteiger partial charge in [-0.2, -0.15) is 0 Å². The lowest BCUT2D eigenvalue weighted by Crippen LogP contribution is -2.41. The Kier molecular flexibility index (Phi) is 5.83. The van der Waals surface area contributed by atoms with Crippen LogP contribution in [0.2, 0.25) is 0 Å². The third-order valence-corrected chi connectivity index (χ3v) is 10.2. The van der Waals surface area contributed by atoms with E-state index in [0.29, 0.717) is 0 Å². The second kappa shape index (κ2) is 8.84. The molecule has 0 N–H and O–H groups in total. The van der Waals surface area contributed by atoms with Gasteiger partial charge in [0.1, 0.15) is 0 Å². The zero-order valence-corrected chi connectivity index (χ0v) is 25.5. The Morgan fingerprint density at radius 3 is 1.93 bits per heavy atom. The van der Waals surface area contributed by atoms with E-state index in [2.05, 4.69) is 127 Å². The number of hydrogen-bond acceptors (Lipinski definition) is 4. The number of fused-ring (bicyclic) bond motifs is 5. The van der Waals surface area contributed by atoms with E-state index >= 15 is 0 Å². The number of hydrogen-bond donors (Lipinski definition) is 0. The van der Waals surface area contributed by atoms with Gasteiger partial charge in [0.15, 0.2) is 0 Å². The number of rotatable bonds is 3. The predicted molar refractivity (Wildman–Crippen MR) is 170 cm³/mol. The van der Waals surface area contributed by atoms with Gasteiger partial charge in [-0.3, -0.25) is 0 Å². The topological polar surface area (TPSA) is 41.9 Å². The van der Waals surface area contributed by atoms with Crippen LogP contribution in [0.3, 0.4) is 0 Å². The molecule has 0 spiro atoms. The third-order valence-electron chi connectivity index (χ3n) is 10.2. The molecule has 1 aromatic heterocycles. The van der Waals surface area contributed by atoms with Crippen molar-refractivity contribution in [2.24, 2.45) is 0 Å². The second-order valence-electron chi connectivity index (χ2n) is 13.8. The number of para-hydroxylation sites is 1. The highest BCUT2D eigenvalue weighted by Crippen LogP contribution is 2.41. The Labute approximate surface area is 244 Å². The lowest BCUT2D eigenvalue weighted by molar-refractivity contribution is 0.00578. The summed E-state index contributed by atoms with van der Waals surface area (Å²) in [7, 11) is -0.868. The lowest BCUT2D eigenvalue weighted by atomic mass is 9.72. The summed E-state index contributed by atoms with van der Waals surface area (Å²) in [5.74, 6) is 0. The molecule has 3 heterocycles. The molecule has 0 saturated carbocycles. The standard InChI is InChI=1S/C34H39B2NO4/c1-31(2)32(3,4)39-35(38-31)22-18-19-26-28(20-22)37(23-14-10-9-11-15-23)29-21-27(24-16-12-13-17-25(24)30(26)29)36-40-33(5,6)34(7,8)41-36/h9-12,14-16,18-21H,13,17H2,1-8H3. The van der Waals surface area contributed by atoms with Crippen molar-refractivity contribution in [3.05, 3.63) is 71.8 Å². The zero-order chi connectivity index (χ0) is 28.9. The van der Waals surface area contributed by atoms with Crippen LogP contribution in [0.25, 0.3) is 33.6 Å². The molecule has 7 heteroatoms. The summed E-state index contributed by atoms with van der Waals surface area (Å²) in [6.07, 6.45) is 6.53. The summed E-state index contributed by atoms with van der Waals surface area (Å²) in [6, 6.07) is 19.6. The van der Waals surface area contributed by atoms with Gasteiger partial charge in [-0.15, -0.1) is 0 Å². The minimum atomic E-state index is -0.441. The van der Waals surface area contributed by atoms with Crippen LogP contribution in [-0.4, -0.2) is 41.2 Å². The highest BCUT2D eigenvalue weighted by atomic mass is 16.7. The third kappa shape index (κ3) is 4.00. The van der Waals surface area contributed by atoms with Crippen molar-refractivity contribution in [3.63, 3.8) is 0 Å². The molecule has 7 rings (SSSR count). The van der Waals surface area contributed by atoms with Gasteiger partial charge in [0.05, 0.1) is 33.4 Å². The van der Waals surface area contributed by atoms with E-state index in [1.807, 2.05) is 0 Å². The van der Waals surface area contributed by atoms with Crippen molar-refractivity contribution in [2.75, 3.05) is 0 Å². The molecule has 3 aliphatic rings. The van der Waals surface area contributed by atoms with Crippen LogP contribution in [0.5, 0.6) is 0 Å². The molecule has 0 unspecified atom stereocenters. The van der Waals surface area contributed by atoms with Crippen molar-refractivity contribution in [3.8, 4) is 5.69 Å². The molecule has 41 heavy (non-hydrogen) atoms. The van der Waals surface area contributed by atoms with Gasteiger partial charge in [0, 0.05) is 16.5 Å². The fraction of sp³-hybridized carbons (Fsp3) is 0.412. The molecule has 2 fully saturated rings. The molecule has 210 valence electrons. The average molecular weight is 547 g/mol. The Balaban J connectivity index is 1.50. The van der Waals surface area contributed by atoms with Gasteiger partial charge in [-0.1, -0.05) is 42.5 Å². The van der Waals surface area contributed by atoms with Crippen LogP contribution in [-0.2, 0) is 25.0 Å². The molecule has 0 atom stereocenters. The van der Waals surface area contributed by atoms with Crippen LogP contribution in [0.15, 0.2) is 60.7 Å². The Morgan fingerprint density at radius 2 is 1.29 bits per heavy atom. The SMILES string of the molecule is CC1(C)OB(c2ccc3c4c5c(c(B6OC(C)(C)C(C)(C)O6)cc4n(-c4ccccc4)c3c2)C=CCC5)OC1(C)C. The maximum absolute atomic E-state index is 6.61. The monoisotopic (exact) mass is 547 g/mol. The summed E-state index contributed by atoms with van der Waals surface area (Å²) < 4.78 is 28.5. The zero-order valence-electron chi connectivity index (χ0n) is 25.5. The smallest absolute Gasteiger partial charge is 0.399 e. The molecule has 2 aliphatic heterocycles. The van der Waals surface area contributed by atoms with Crippen molar-refractivity contribution < 1.29 is 18.6 Å². The Bertz CT molecular complexity index is 1690. The van der Waals surface area contributed by atoms with E-state index < -0.39 is 36.6 Å². The molecule has 0 amide bonds. The molecule has 2 saturated heterocycles. The summed E-state index contributed by atoms with van der Waals surface area (Å²) >= 11 is 0. The van der Waals surface area contributed by atoms with E-state index in [9.17, 15) is 0 Å².